The Morgan fingerprint density at radius 2 is 1.82 bits per heavy atom. The number of nitrogens with zero attached hydrogens (tertiary/aromatic N) is 1. The second-order valence-corrected chi connectivity index (χ2v) is 3.75. The second-order valence-electron chi connectivity index (χ2n) is 3.75. The SMILES string of the molecule is Cc1nc(-c2ccc(F)cc2)ccc1C(=N)N. The van der Waals surface area contributed by atoms with E-state index in [-0.39, 0.29) is 11.7 Å². The summed E-state index contributed by atoms with van der Waals surface area (Å²) in [6.45, 7) is 1.80. The summed E-state index contributed by atoms with van der Waals surface area (Å²) >= 11 is 0. The number of amidine groups is 1. The molecule has 0 amide bonds. The molecule has 86 valence electrons. The first-order chi connectivity index (χ1) is 8.08. The lowest BCUT2D eigenvalue weighted by Crippen LogP contribution is -2.13. The highest BCUT2D eigenvalue weighted by Crippen LogP contribution is 2.19. The van der Waals surface area contributed by atoms with Crippen molar-refractivity contribution in [2.24, 2.45) is 5.73 Å². The van der Waals surface area contributed by atoms with Crippen LogP contribution in [0.25, 0.3) is 11.3 Å². The third-order valence-electron chi connectivity index (χ3n) is 2.52. The number of nitrogens with two attached hydrogens (primary N) is 1. The fourth-order valence-electron chi connectivity index (χ4n) is 1.63. The van der Waals surface area contributed by atoms with E-state index >= 15 is 0 Å². The molecule has 0 saturated carbocycles. The van der Waals surface area contributed by atoms with E-state index in [2.05, 4.69) is 4.98 Å². The second kappa shape index (κ2) is 4.33. The zero-order valence-corrected chi connectivity index (χ0v) is 9.37. The van der Waals surface area contributed by atoms with E-state index in [0.29, 0.717) is 11.3 Å². The van der Waals surface area contributed by atoms with Crippen molar-refractivity contribution in [1.29, 1.82) is 5.41 Å². The van der Waals surface area contributed by atoms with Gasteiger partial charge in [-0.2, -0.15) is 0 Å². The highest BCUT2D eigenvalue weighted by molar-refractivity contribution is 5.96. The van der Waals surface area contributed by atoms with Crippen molar-refractivity contribution in [3.8, 4) is 11.3 Å². The molecule has 0 aliphatic rings. The van der Waals surface area contributed by atoms with E-state index in [1.165, 1.54) is 12.1 Å². The van der Waals surface area contributed by atoms with Gasteiger partial charge in [0.1, 0.15) is 11.7 Å². The van der Waals surface area contributed by atoms with Crippen molar-refractivity contribution in [3.05, 3.63) is 53.5 Å². The number of halogens is 1. The maximum atomic E-state index is 12.8. The van der Waals surface area contributed by atoms with Crippen molar-refractivity contribution in [2.45, 2.75) is 6.92 Å². The van der Waals surface area contributed by atoms with Crippen LogP contribution in [0.5, 0.6) is 0 Å². The molecule has 0 spiro atoms. The molecule has 4 heteroatoms. The lowest BCUT2D eigenvalue weighted by Gasteiger charge is -2.06. The number of pyridine rings is 1. The number of hydrogen-bond acceptors (Lipinski definition) is 2. The summed E-state index contributed by atoms with van der Waals surface area (Å²) in [5.41, 5.74) is 8.31. The molecule has 0 atom stereocenters. The Kier molecular flexibility index (Phi) is 2.87. The van der Waals surface area contributed by atoms with Gasteiger partial charge in [0.05, 0.1) is 5.69 Å². The molecule has 0 aliphatic heterocycles. The average molecular weight is 229 g/mol. The summed E-state index contributed by atoms with van der Waals surface area (Å²) in [7, 11) is 0. The molecule has 2 aromatic rings. The lowest BCUT2D eigenvalue weighted by molar-refractivity contribution is 0.628. The highest BCUT2D eigenvalue weighted by atomic mass is 19.1. The Morgan fingerprint density at radius 3 is 2.35 bits per heavy atom. The Labute approximate surface area is 98.6 Å². The summed E-state index contributed by atoms with van der Waals surface area (Å²) in [5, 5.41) is 7.37. The monoisotopic (exact) mass is 229 g/mol. The normalized spacial score (nSPS) is 10.2. The molecular formula is C13H12FN3. The van der Waals surface area contributed by atoms with Crippen molar-refractivity contribution >= 4 is 5.84 Å². The third kappa shape index (κ3) is 2.30. The van der Waals surface area contributed by atoms with Crippen LogP contribution in [0.15, 0.2) is 36.4 Å². The predicted molar refractivity (Wildman–Crippen MR) is 65.4 cm³/mol. The molecule has 3 nitrogen and oxygen atoms in total. The van der Waals surface area contributed by atoms with Crippen LogP contribution in [0.2, 0.25) is 0 Å². The van der Waals surface area contributed by atoms with Gasteiger partial charge >= 0.3 is 0 Å². The quantitative estimate of drug-likeness (QED) is 0.613. The smallest absolute Gasteiger partial charge is 0.124 e. The average Bonchev–Trinajstić information content (AvgIpc) is 2.29. The Bertz CT molecular complexity index is 561. The molecule has 0 bridgehead atoms. The number of aromatic nitrogens is 1. The molecule has 3 N–H and O–H groups in total. The molecule has 0 unspecified atom stereocenters. The van der Waals surface area contributed by atoms with Gasteiger partial charge in [-0.05, 0) is 43.3 Å². The first-order valence-corrected chi connectivity index (χ1v) is 5.16. The van der Waals surface area contributed by atoms with E-state index in [0.717, 1.165) is 11.3 Å². The zero-order valence-electron chi connectivity index (χ0n) is 9.37. The maximum absolute atomic E-state index is 12.8. The van der Waals surface area contributed by atoms with E-state index in [4.69, 9.17) is 11.1 Å². The highest BCUT2D eigenvalue weighted by Gasteiger charge is 2.05. The summed E-state index contributed by atoms with van der Waals surface area (Å²) in [4.78, 5) is 4.35. The zero-order chi connectivity index (χ0) is 12.4. The van der Waals surface area contributed by atoms with Crippen LogP contribution in [0.3, 0.4) is 0 Å². The summed E-state index contributed by atoms with van der Waals surface area (Å²) in [6.07, 6.45) is 0. The van der Waals surface area contributed by atoms with Gasteiger partial charge in [0.15, 0.2) is 0 Å². The molecule has 1 aromatic heterocycles. The molecule has 0 aliphatic carbocycles. The molecular weight excluding hydrogens is 217 g/mol. The number of hydrogen-bond donors (Lipinski definition) is 2. The fraction of sp³-hybridized carbons (Fsp3) is 0.0769. The number of aryl methyl sites for hydroxylation is 1. The Hall–Kier alpha value is -2.23. The van der Waals surface area contributed by atoms with Crippen molar-refractivity contribution < 1.29 is 4.39 Å². The maximum Gasteiger partial charge on any atom is 0.124 e. The number of rotatable bonds is 2. The van der Waals surface area contributed by atoms with E-state index in [1.807, 2.05) is 0 Å². The van der Waals surface area contributed by atoms with Crippen LogP contribution in [-0.2, 0) is 0 Å². The molecule has 0 saturated heterocycles. The molecule has 2 rings (SSSR count). The minimum atomic E-state index is -0.272. The van der Waals surface area contributed by atoms with E-state index < -0.39 is 0 Å². The Balaban J connectivity index is 2.44. The molecule has 0 radical (unpaired) electrons. The van der Waals surface area contributed by atoms with Gasteiger partial charge in [-0.3, -0.25) is 10.4 Å². The topological polar surface area (TPSA) is 62.8 Å². The van der Waals surface area contributed by atoms with Gasteiger partial charge in [-0.25, -0.2) is 4.39 Å². The standard InChI is InChI=1S/C13H12FN3/c1-8-11(13(15)16)6-7-12(17-8)9-2-4-10(14)5-3-9/h2-7H,1H3,(H3,15,16). The predicted octanol–water partition coefficient (Wildman–Crippen LogP) is 2.48. The van der Waals surface area contributed by atoms with Gasteiger partial charge < -0.3 is 5.73 Å². The molecule has 1 heterocycles. The van der Waals surface area contributed by atoms with Gasteiger partial charge in [-0.15, -0.1) is 0 Å². The number of nitrogens with one attached hydrogen (secondary N) is 1. The number of benzene rings is 1. The van der Waals surface area contributed by atoms with Crippen LogP contribution in [0.4, 0.5) is 4.39 Å². The van der Waals surface area contributed by atoms with E-state index in [9.17, 15) is 4.39 Å². The number of nitrogen functional groups attached to an aromatic ring is 1. The Morgan fingerprint density at radius 1 is 1.18 bits per heavy atom. The summed E-state index contributed by atoms with van der Waals surface area (Å²) in [5.74, 6) is -0.272. The van der Waals surface area contributed by atoms with Crippen LogP contribution in [0.1, 0.15) is 11.3 Å². The van der Waals surface area contributed by atoms with Gasteiger partial charge in [0.2, 0.25) is 0 Å². The third-order valence-corrected chi connectivity index (χ3v) is 2.52. The van der Waals surface area contributed by atoms with Crippen LogP contribution in [-0.4, -0.2) is 10.8 Å². The van der Waals surface area contributed by atoms with Gasteiger partial charge in [0, 0.05) is 16.8 Å². The van der Waals surface area contributed by atoms with Crippen LogP contribution < -0.4 is 5.73 Å². The first-order valence-electron chi connectivity index (χ1n) is 5.16. The van der Waals surface area contributed by atoms with Crippen molar-refractivity contribution in [2.75, 3.05) is 0 Å². The van der Waals surface area contributed by atoms with Gasteiger partial charge in [-0.1, -0.05) is 0 Å². The molecule has 1 aromatic carbocycles. The van der Waals surface area contributed by atoms with Crippen LogP contribution in [0, 0.1) is 18.2 Å². The van der Waals surface area contributed by atoms with Crippen LogP contribution >= 0.6 is 0 Å². The summed E-state index contributed by atoms with van der Waals surface area (Å²) < 4.78 is 12.8. The van der Waals surface area contributed by atoms with Crippen molar-refractivity contribution in [1.82, 2.24) is 4.98 Å². The minimum absolute atomic E-state index is 0.000608. The molecule has 17 heavy (non-hydrogen) atoms. The minimum Gasteiger partial charge on any atom is -0.384 e. The lowest BCUT2D eigenvalue weighted by atomic mass is 10.1. The van der Waals surface area contributed by atoms with E-state index in [1.54, 1.807) is 31.2 Å². The first kappa shape index (κ1) is 11.3. The fourth-order valence-corrected chi connectivity index (χ4v) is 1.63. The van der Waals surface area contributed by atoms with Crippen molar-refractivity contribution in [3.63, 3.8) is 0 Å². The molecule has 0 fully saturated rings. The summed E-state index contributed by atoms with van der Waals surface area (Å²) in [6, 6.07) is 9.66. The van der Waals surface area contributed by atoms with Gasteiger partial charge in [0.25, 0.3) is 0 Å². The largest absolute Gasteiger partial charge is 0.384 e.